The predicted octanol–water partition coefficient (Wildman–Crippen LogP) is 1.99. The fraction of sp³-hybridized carbons (Fsp3) is 0.421. The minimum Gasteiger partial charge on any atom is -0.324 e. The number of H-pyrrole nitrogens is 1. The first kappa shape index (κ1) is 19.0. The van der Waals surface area contributed by atoms with Gasteiger partial charge in [0, 0.05) is 20.1 Å². The molecule has 144 valence electrons. The minimum absolute atomic E-state index is 0.263. The van der Waals surface area contributed by atoms with Crippen molar-refractivity contribution in [1.82, 2.24) is 24.0 Å². The molecule has 0 aliphatic heterocycles. The van der Waals surface area contributed by atoms with Gasteiger partial charge in [-0.3, -0.25) is 19.2 Å². The van der Waals surface area contributed by atoms with Crippen LogP contribution in [0, 0.1) is 5.82 Å². The highest BCUT2D eigenvalue weighted by Gasteiger charge is 2.17. The van der Waals surface area contributed by atoms with E-state index in [1.165, 1.54) is 16.7 Å². The highest BCUT2D eigenvalue weighted by Crippen LogP contribution is 2.13. The van der Waals surface area contributed by atoms with E-state index in [-0.39, 0.29) is 5.82 Å². The van der Waals surface area contributed by atoms with Crippen molar-refractivity contribution in [2.45, 2.75) is 39.4 Å². The Morgan fingerprint density at radius 2 is 1.89 bits per heavy atom. The van der Waals surface area contributed by atoms with Crippen LogP contribution in [0.1, 0.15) is 31.2 Å². The summed E-state index contributed by atoms with van der Waals surface area (Å²) in [6, 6.07) is 6.36. The van der Waals surface area contributed by atoms with Crippen molar-refractivity contribution in [3.63, 3.8) is 0 Å². The van der Waals surface area contributed by atoms with Crippen LogP contribution in [-0.2, 0) is 26.7 Å². The quantitative estimate of drug-likeness (QED) is 0.687. The fourth-order valence-electron chi connectivity index (χ4n) is 3.16. The summed E-state index contributed by atoms with van der Waals surface area (Å²) in [7, 11) is 3.71. The molecule has 2 aromatic heterocycles. The number of fused-ring (bicyclic) bond motifs is 1. The van der Waals surface area contributed by atoms with Crippen LogP contribution in [0.15, 0.2) is 33.9 Å². The van der Waals surface area contributed by atoms with Gasteiger partial charge in [-0.05, 0) is 31.2 Å². The number of hydrogen-bond donors (Lipinski definition) is 1. The van der Waals surface area contributed by atoms with Gasteiger partial charge in [-0.15, -0.1) is 0 Å². The van der Waals surface area contributed by atoms with E-state index < -0.39 is 11.2 Å². The number of hydrogen-bond acceptors (Lipinski definition) is 4. The molecule has 1 N–H and O–H groups in total. The van der Waals surface area contributed by atoms with E-state index in [9.17, 15) is 14.0 Å². The van der Waals surface area contributed by atoms with E-state index in [4.69, 9.17) is 0 Å². The van der Waals surface area contributed by atoms with Crippen molar-refractivity contribution in [3.8, 4) is 0 Å². The SMILES string of the molecule is CCCCn1c(=O)[nH]c(=O)c2c1nc(CN(C)Cc1ccc(F)cc1)n2C. The van der Waals surface area contributed by atoms with Gasteiger partial charge < -0.3 is 4.57 Å². The molecule has 1 aromatic carbocycles. The van der Waals surface area contributed by atoms with Gasteiger partial charge in [-0.1, -0.05) is 25.5 Å². The van der Waals surface area contributed by atoms with Gasteiger partial charge >= 0.3 is 5.69 Å². The first-order valence-corrected chi connectivity index (χ1v) is 9.02. The molecule has 0 radical (unpaired) electrons. The second kappa shape index (κ2) is 7.87. The Kier molecular flexibility index (Phi) is 5.55. The van der Waals surface area contributed by atoms with Crippen molar-refractivity contribution in [2.24, 2.45) is 7.05 Å². The molecule has 0 unspecified atom stereocenters. The van der Waals surface area contributed by atoms with Gasteiger partial charge in [0.05, 0.1) is 6.54 Å². The first-order chi connectivity index (χ1) is 12.9. The standard InChI is InChI=1S/C19H24FN5O2/c1-4-5-10-25-17-16(18(26)22-19(25)27)24(3)15(21-17)12-23(2)11-13-6-8-14(20)9-7-13/h6-9H,4-5,10-12H2,1-3H3,(H,22,26,27). The zero-order chi connectivity index (χ0) is 19.6. The smallest absolute Gasteiger partial charge is 0.324 e. The van der Waals surface area contributed by atoms with Crippen molar-refractivity contribution < 1.29 is 4.39 Å². The summed E-state index contributed by atoms with van der Waals surface area (Å²) in [4.78, 5) is 33.5. The minimum atomic E-state index is -0.426. The molecular formula is C19H24FN5O2. The second-order valence-electron chi connectivity index (χ2n) is 6.82. The lowest BCUT2D eigenvalue weighted by atomic mass is 10.2. The molecule has 0 aliphatic rings. The number of rotatable bonds is 7. The molecule has 0 aliphatic carbocycles. The highest BCUT2D eigenvalue weighted by molar-refractivity contribution is 5.70. The van der Waals surface area contributed by atoms with Crippen LogP contribution in [0.3, 0.4) is 0 Å². The number of nitrogens with zero attached hydrogens (tertiary/aromatic N) is 4. The summed E-state index contributed by atoms with van der Waals surface area (Å²) in [5, 5.41) is 0. The number of halogens is 1. The number of aryl methyl sites for hydroxylation is 2. The molecule has 0 spiro atoms. The fourth-order valence-corrected chi connectivity index (χ4v) is 3.16. The lowest BCUT2D eigenvalue weighted by Gasteiger charge is -2.16. The van der Waals surface area contributed by atoms with E-state index >= 15 is 0 Å². The molecular weight excluding hydrogens is 349 g/mol. The van der Waals surface area contributed by atoms with Crippen LogP contribution >= 0.6 is 0 Å². The molecule has 8 heteroatoms. The molecule has 3 aromatic rings. The Morgan fingerprint density at radius 3 is 2.56 bits per heavy atom. The van der Waals surface area contributed by atoms with Gasteiger partial charge in [0.1, 0.15) is 11.6 Å². The largest absolute Gasteiger partial charge is 0.330 e. The molecule has 2 heterocycles. The van der Waals surface area contributed by atoms with Crippen LogP contribution < -0.4 is 11.2 Å². The Bertz CT molecular complexity index is 1050. The molecule has 0 fully saturated rings. The molecule has 3 rings (SSSR count). The highest BCUT2D eigenvalue weighted by atomic mass is 19.1. The van der Waals surface area contributed by atoms with E-state index in [1.807, 2.05) is 18.9 Å². The first-order valence-electron chi connectivity index (χ1n) is 9.02. The Hall–Kier alpha value is -2.74. The lowest BCUT2D eigenvalue weighted by Crippen LogP contribution is -2.31. The summed E-state index contributed by atoms with van der Waals surface area (Å²) in [5.41, 5.74) is 0.951. The Morgan fingerprint density at radius 1 is 1.19 bits per heavy atom. The summed E-state index contributed by atoms with van der Waals surface area (Å²) in [6.45, 7) is 3.67. The van der Waals surface area contributed by atoms with Crippen LogP contribution in [0.5, 0.6) is 0 Å². The molecule has 0 saturated heterocycles. The van der Waals surface area contributed by atoms with Crippen molar-refractivity contribution >= 4 is 11.2 Å². The third-order valence-corrected chi connectivity index (χ3v) is 4.62. The normalized spacial score (nSPS) is 11.6. The van der Waals surface area contributed by atoms with Gasteiger partial charge in [-0.25, -0.2) is 14.2 Å². The van der Waals surface area contributed by atoms with Gasteiger partial charge in [0.2, 0.25) is 0 Å². The average Bonchev–Trinajstić information content (AvgIpc) is 2.93. The molecule has 0 bridgehead atoms. The monoisotopic (exact) mass is 373 g/mol. The van der Waals surface area contributed by atoms with E-state index in [2.05, 4.69) is 9.97 Å². The van der Waals surface area contributed by atoms with Crippen molar-refractivity contribution in [1.29, 1.82) is 0 Å². The number of benzene rings is 1. The van der Waals surface area contributed by atoms with Crippen LogP contribution in [0.2, 0.25) is 0 Å². The van der Waals surface area contributed by atoms with Gasteiger partial charge in [-0.2, -0.15) is 0 Å². The zero-order valence-electron chi connectivity index (χ0n) is 15.8. The van der Waals surface area contributed by atoms with Crippen molar-refractivity contribution in [2.75, 3.05) is 7.05 Å². The summed E-state index contributed by atoms with van der Waals surface area (Å²) < 4.78 is 16.3. The molecule has 0 atom stereocenters. The number of unbranched alkanes of at least 4 members (excludes halogenated alkanes) is 1. The van der Waals surface area contributed by atoms with E-state index in [0.29, 0.717) is 36.6 Å². The van der Waals surface area contributed by atoms with Gasteiger partial charge in [0.25, 0.3) is 5.56 Å². The topological polar surface area (TPSA) is 75.9 Å². The number of imidazole rings is 1. The summed E-state index contributed by atoms with van der Waals surface area (Å²) in [5.74, 6) is 0.428. The number of nitrogens with one attached hydrogen (secondary N) is 1. The average molecular weight is 373 g/mol. The predicted molar refractivity (Wildman–Crippen MR) is 102 cm³/mol. The summed E-state index contributed by atoms with van der Waals surface area (Å²) >= 11 is 0. The molecule has 0 saturated carbocycles. The second-order valence-corrected chi connectivity index (χ2v) is 6.82. The summed E-state index contributed by atoms with van der Waals surface area (Å²) in [6.07, 6.45) is 1.77. The number of aromatic amines is 1. The van der Waals surface area contributed by atoms with E-state index in [0.717, 1.165) is 18.4 Å². The van der Waals surface area contributed by atoms with Gasteiger partial charge in [0.15, 0.2) is 11.2 Å². The Balaban J connectivity index is 1.91. The third-order valence-electron chi connectivity index (χ3n) is 4.62. The maximum absolute atomic E-state index is 13.1. The maximum Gasteiger partial charge on any atom is 0.330 e. The van der Waals surface area contributed by atoms with Crippen molar-refractivity contribution in [3.05, 3.63) is 62.3 Å². The van der Waals surface area contributed by atoms with Crippen LogP contribution in [0.25, 0.3) is 11.2 Å². The van der Waals surface area contributed by atoms with Crippen LogP contribution in [0.4, 0.5) is 4.39 Å². The third kappa shape index (κ3) is 4.00. The van der Waals surface area contributed by atoms with Crippen LogP contribution in [-0.4, -0.2) is 31.0 Å². The zero-order valence-corrected chi connectivity index (χ0v) is 15.8. The maximum atomic E-state index is 13.1. The number of aromatic nitrogens is 4. The molecule has 27 heavy (non-hydrogen) atoms. The van der Waals surface area contributed by atoms with E-state index in [1.54, 1.807) is 23.7 Å². The Labute approximate surface area is 156 Å². The lowest BCUT2D eigenvalue weighted by molar-refractivity contribution is 0.307. The molecule has 7 nitrogen and oxygen atoms in total. The molecule has 0 amide bonds.